The molecule has 1 aliphatic rings. The van der Waals surface area contributed by atoms with Gasteiger partial charge in [0.15, 0.2) is 11.5 Å². The van der Waals surface area contributed by atoms with Gasteiger partial charge in [0.05, 0.1) is 12.2 Å². The third kappa shape index (κ3) is 4.80. The molecule has 0 amide bonds. The van der Waals surface area contributed by atoms with Gasteiger partial charge >= 0.3 is 5.97 Å². The zero-order valence-corrected chi connectivity index (χ0v) is 16.9. The first kappa shape index (κ1) is 20.3. The van der Waals surface area contributed by atoms with E-state index in [9.17, 15) is 9.18 Å². The highest BCUT2D eigenvalue weighted by atomic mass is 19.1. The topological polar surface area (TPSA) is 57.1 Å². The number of carbonyl (C=O) groups is 1. The molecular formula is C25H20FNO4. The lowest BCUT2D eigenvalue weighted by Gasteiger charge is -2.13. The minimum atomic E-state index is -0.506. The van der Waals surface area contributed by atoms with E-state index in [4.69, 9.17) is 14.3 Å². The van der Waals surface area contributed by atoms with E-state index in [0.29, 0.717) is 29.4 Å². The molecule has 1 aliphatic heterocycles. The van der Waals surface area contributed by atoms with Crippen LogP contribution in [-0.2, 0) is 16.2 Å². The van der Waals surface area contributed by atoms with Gasteiger partial charge in [0, 0.05) is 5.56 Å². The fourth-order valence-electron chi connectivity index (χ4n) is 3.12. The Kier molecular flexibility index (Phi) is 6.08. The van der Waals surface area contributed by atoms with Crippen LogP contribution in [0.3, 0.4) is 0 Å². The third-order valence-electron chi connectivity index (χ3n) is 4.63. The Labute approximate surface area is 179 Å². The Balaban J connectivity index is 1.58. The van der Waals surface area contributed by atoms with Crippen LogP contribution in [0.4, 0.5) is 4.39 Å². The number of ether oxygens (including phenoxy) is 2. The third-order valence-corrected chi connectivity index (χ3v) is 4.63. The van der Waals surface area contributed by atoms with Gasteiger partial charge in [0.2, 0.25) is 0 Å². The molecule has 6 heteroatoms. The molecule has 0 N–H and O–H groups in total. The summed E-state index contributed by atoms with van der Waals surface area (Å²) >= 11 is 0. The summed E-state index contributed by atoms with van der Waals surface area (Å²) in [7, 11) is 0. The molecule has 0 aliphatic carbocycles. The van der Waals surface area contributed by atoms with Crippen molar-refractivity contribution in [2.45, 2.75) is 13.5 Å². The molecule has 0 spiro atoms. The van der Waals surface area contributed by atoms with Crippen LogP contribution < -0.4 is 9.47 Å². The van der Waals surface area contributed by atoms with Crippen LogP contribution in [0.5, 0.6) is 11.5 Å². The first-order valence-electron chi connectivity index (χ1n) is 9.85. The van der Waals surface area contributed by atoms with Crippen molar-refractivity contribution in [3.63, 3.8) is 0 Å². The van der Waals surface area contributed by atoms with Crippen LogP contribution >= 0.6 is 0 Å². The maximum atomic E-state index is 13.1. The maximum absolute atomic E-state index is 13.1. The molecule has 0 fully saturated rings. The Morgan fingerprint density at radius 2 is 1.74 bits per heavy atom. The van der Waals surface area contributed by atoms with Crippen molar-refractivity contribution >= 4 is 17.8 Å². The van der Waals surface area contributed by atoms with Crippen LogP contribution in [0.15, 0.2) is 83.5 Å². The van der Waals surface area contributed by atoms with Crippen LogP contribution in [0.25, 0.3) is 6.08 Å². The average Bonchev–Trinajstić information content (AvgIpc) is 3.15. The molecule has 0 saturated carbocycles. The summed E-state index contributed by atoms with van der Waals surface area (Å²) in [5.74, 6) is 0.302. The van der Waals surface area contributed by atoms with E-state index in [2.05, 4.69) is 5.16 Å². The fourth-order valence-corrected chi connectivity index (χ4v) is 3.12. The van der Waals surface area contributed by atoms with Crippen molar-refractivity contribution < 1.29 is 23.5 Å². The van der Waals surface area contributed by atoms with E-state index in [1.54, 1.807) is 30.3 Å². The lowest BCUT2D eigenvalue weighted by Crippen LogP contribution is -2.06. The van der Waals surface area contributed by atoms with Crippen molar-refractivity contribution in [1.82, 2.24) is 0 Å². The van der Waals surface area contributed by atoms with Crippen LogP contribution in [0.1, 0.15) is 23.6 Å². The number of rotatable bonds is 7. The monoisotopic (exact) mass is 417 g/mol. The van der Waals surface area contributed by atoms with Crippen molar-refractivity contribution in [2.75, 3.05) is 6.61 Å². The lowest BCUT2D eigenvalue weighted by atomic mass is 10.0. The summed E-state index contributed by atoms with van der Waals surface area (Å²) in [5, 5.41) is 3.93. The highest BCUT2D eigenvalue weighted by Gasteiger charge is 2.26. The van der Waals surface area contributed by atoms with Gasteiger partial charge in [-0.05, 0) is 48.4 Å². The summed E-state index contributed by atoms with van der Waals surface area (Å²) in [5.41, 5.74) is 3.24. The number of hydrogen-bond donors (Lipinski definition) is 0. The molecular weight excluding hydrogens is 397 g/mol. The summed E-state index contributed by atoms with van der Waals surface area (Å²) in [6.45, 7) is 2.60. The minimum Gasteiger partial charge on any atom is -0.490 e. The summed E-state index contributed by atoms with van der Waals surface area (Å²) in [6, 6.07) is 20.9. The fraction of sp³-hybridized carbons (Fsp3) is 0.120. The molecule has 3 aromatic rings. The molecule has 1 heterocycles. The predicted molar refractivity (Wildman–Crippen MR) is 115 cm³/mol. The number of nitrogens with zero attached hydrogens (tertiary/aromatic N) is 1. The highest BCUT2D eigenvalue weighted by Crippen LogP contribution is 2.31. The zero-order valence-electron chi connectivity index (χ0n) is 16.9. The first-order valence-corrected chi connectivity index (χ1v) is 9.85. The Hall–Kier alpha value is -3.93. The normalized spacial score (nSPS) is 14.3. The number of oxime groups is 1. The molecule has 0 unspecified atom stereocenters. The Morgan fingerprint density at radius 1 is 0.968 bits per heavy atom. The van der Waals surface area contributed by atoms with Crippen LogP contribution in [0, 0.1) is 5.82 Å². The second-order valence-electron chi connectivity index (χ2n) is 6.80. The molecule has 0 bridgehead atoms. The molecule has 0 aromatic heterocycles. The molecule has 0 saturated heterocycles. The van der Waals surface area contributed by atoms with Gasteiger partial charge in [-0.25, -0.2) is 9.18 Å². The second kappa shape index (κ2) is 9.26. The van der Waals surface area contributed by atoms with Crippen LogP contribution in [-0.4, -0.2) is 18.3 Å². The summed E-state index contributed by atoms with van der Waals surface area (Å²) in [6.07, 6.45) is 1.72. The quantitative estimate of drug-likeness (QED) is 0.394. The van der Waals surface area contributed by atoms with Gasteiger partial charge in [-0.15, -0.1) is 0 Å². The number of hydrogen-bond acceptors (Lipinski definition) is 5. The molecule has 0 atom stereocenters. The van der Waals surface area contributed by atoms with Crippen LogP contribution in [0.2, 0.25) is 0 Å². The first-order chi connectivity index (χ1) is 15.1. The van der Waals surface area contributed by atoms with Gasteiger partial charge in [-0.2, -0.15) is 0 Å². The van der Waals surface area contributed by atoms with E-state index in [0.717, 1.165) is 16.7 Å². The largest absolute Gasteiger partial charge is 0.490 e. The maximum Gasteiger partial charge on any atom is 0.368 e. The highest BCUT2D eigenvalue weighted by molar-refractivity contribution is 6.31. The molecule has 31 heavy (non-hydrogen) atoms. The molecule has 0 radical (unpaired) electrons. The van der Waals surface area contributed by atoms with Gasteiger partial charge < -0.3 is 14.3 Å². The predicted octanol–water partition coefficient (Wildman–Crippen LogP) is 5.15. The molecule has 3 aromatic carbocycles. The van der Waals surface area contributed by atoms with E-state index in [1.165, 1.54) is 12.1 Å². The molecule has 5 nitrogen and oxygen atoms in total. The standard InChI is InChI=1S/C25H20FNO4/c1-2-29-23-15-18(10-13-22(23)30-16-17-8-11-20(26)12-9-17)14-21-24(27-31-25(21)28)19-6-4-3-5-7-19/h3-15H,2,16H2,1H3. The molecule has 4 rings (SSSR count). The number of halogens is 1. The van der Waals surface area contributed by atoms with Crippen molar-refractivity contribution in [3.8, 4) is 11.5 Å². The van der Waals surface area contributed by atoms with E-state index < -0.39 is 5.97 Å². The summed E-state index contributed by atoms with van der Waals surface area (Å²) < 4.78 is 24.7. The van der Waals surface area contributed by atoms with Gasteiger partial charge in [0.25, 0.3) is 0 Å². The van der Waals surface area contributed by atoms with Crippen molar-refractivity contribution in [3.05, 3.63) is 101 Å². The van der Waals surface area contributed by atoms with Gasteiger partial charge in [0.1, 0.15) is 18.1 Å². The second-order valence-corrected chi connectivity index (χ2v) is 6.80. The summed E-state index contributed by atoms with van der Waals surface area (Å²) in [4.78, 5) is 17.1. The van der Waals surface area contributed by atoms with Crippen molar-refractivity contribution in [1.29, 1.82) is 0 Å². The zero-order chi connectivity index (χ0) is 21.6. The minimum absolute atomic E-state index is 0.276. The van der Waals surface area contributed by atoms with E-state index >= 15 is 0 Å². The lowest BCUT2D eigenvalue weighted by molar-refractivity contribution is -0.136. The van der Waals surface area contributed by atoms with Crippen molar-refractivity contribution in [2.24, 2.45) is 5.16 Å². The van der Waals surface area contributed by atoms with E-state index in [-0.39, 0.29) is 12.4 Å². The Bertz CT molecular complexity index is 1140. The smallest absolute Gasteiger partial charge is 0.368 e. The Morgan fingerprint density at radius 3 is 2.48 bits per heavy atom. The van der Waals surface area contributed by atoms with Gasteiger partial charge in [-0.3, -0.25) is 0 Å². The SMILES string of the molecule is CCOc1cc(C=C2C(=O)ON=C2c2ccccc2)ccc1OCc1ccc(F)cc1. The van der Waals surface area contributed by atoms with Gasteiger partial charge in [-0.1, -0.05) is 53.7 Å². The number of carbonyl (C=O) groups excluding carboxylic acids is 1. The van der Waals surface area contributed by atoms with E-state index in [1.807, 2.05) is 43.3 Å². The number of benzene rings is 3. The average molecular weight is 417 g/mol. The molecule has 156 valence electrons.